The topological polar surface area (TPSA) is 108 Å². The Labute approximate surface area is 185 Å². The summed E-state index contributed by atoms with van der Waals surface area (Å²) < 4.78 is 5.29. The first-order valence-corrected chi connectivity index (χ1v) is 9.14. The van der Waals surface area contributed by atoms with E-state index >= 15 is 0 Å². The Morgan fingerprint density at radius 3 is 2.36 bits per heavy atom. The van der Waals surface area contributed by atoms with Crippen molar-refractivity contribution in [3.63, 3.8) is 0 Å². The number of guanidine groups is 1. The third-order valence-electron chi connectivity index (χ3n) is 3.37. The molecule has 0 fully saturated rings. The van der Waals surface area contributed by atoms with Crippen LogP contribution < -0.4 is 16.0 Å². The quantitative estimate of drug-likeness (QED) is 0.257. The van der Waals surface area contributed by atoms with Crippen LogP contribution in [0.2, 0.25) is 0 Å². The number of alkyl carbamates (subject to hydrolysis) is 1. The smallest absolute Gasteiger partial charge is 0.408 e. The fraction of sp³-hybridized carbons (Fsp3) is 0.632. The fourth-order valence-corrected chi connectivity index (χ4v) is 2.13. The van der Waals surface area contributed by atoms with Gasteiger partial charge in [0.05, 0.1) is 18.2 Å². The second-order valence-electron chi connectivity index (χ2n) is 7.88. The van der Waals surface area contributed by atoms with E-state index in [9.17, 15) is 9.90 Å². The van der Waals surface area contributed by atoms with E-state index in [0.29, 0.717) is 25.6 Å². The number of hydrogen-bond donors (Lipinski definition) is 4. The van der Waals surface area contributed by atoms with E-state index < -0.39 is 23.3 Å². The molecule has 1 atom stereocenters. The molecule has 9 heteroatoms. The highest BCUT2D eigenvalue weighted by Gasteiger charge is 2.24. The number of carbonyl (C=O) groups is 1. The Balaban J connectivity index is 0.00000729. The molecule has 0 saturated carbocycles. The molecule has 8 nitrogen and oxygen atoms in total. The molecule has 1 aromatic heterocycles. The first-order valence-electron chi connectivity index (χ1n) is 9.14. The molecule has 0 bridgehead atoms. The van der Waals surface area contributed by atoms with E-state index in [1.807, 2.05) is 41.5 Å². The van der Waals surface area contributed by atoms with Crippen molar-refractivity contribution in [2.24, 2.45) is 4.99 Å². The summed E-state index contributed by atoms with van der Waals surface area (Å²) in [6, 6.07) is 3.54. The zero-order valence-electron chi connectivity index (χ0n) is 17.6. The number of carbonyl (C=O) groups excluding carboxylic acids is 1. The summed E-state index contributed by atoms with van der Waals surface area (Å²) in [5, 5.41) is 19.3. The number of aliphatic imine (C=N–C) groups is 1. The number of hydrogen-bond acceptors (Lipinski definition) is 5. The Bertz CT molecular complexity index is 618. The van der Waals surface area contributed by atoms with Gasteiger partial charge < -0.3 is 25.8 Å². The normalized spacial score (nSPS) is 13.2. The average molecular weight is 507 g/mol. The molecule has 0 aliphatic heterocycles. The van der Waals surface area contributed by atoms with Crippen molar-refractivity contribution in [1.82, 2.24) is 20.9 Å². The largest absolute Gasteiger partial charge is 0.444 e. The molecule has 0 radical (unpaired) electrons. The molecule has 1 aromatic rings. The first kappa shape index (κ1) is 26.4. The van der Waals surface area contributed by atoms with Gasteiger partial charge in [-0.2, -0.15) is 0 Å². The molecule has 0 aliphatic carbocycles. The van der Waals surface area contributed by atoms with Crippen LogP contribution >= 0.6 is 24.0 Å². The molecule has 28 heavy (non-hydrogen) atoms. The van der Waals surface area contributed by atoms with Crippen molar-refractivity contribution >= 4 is 36.0 Å². The Hall–Kier alpha value is -1.62. The van der Waals surface area contributed by atoms with Crippen LogP contribution in [0.5, 0.6) is 0 Å². The predicted molar refractivity (Wildman–Crippen MR) is 122 cm³/mol. The third-order valence-corrected chi connectivity index (χ3v) is 3.37. The van der Waals surface area contributed by atoms with Gasteiger partial charge in [0.15, 0.2) is 5.96 Å². The van der Waals surface area contributed by atoms with Gasteiger partial charge in [-0.3, -0.25) is 9.98 Å². The maximum atomic E-state index is 12.0. The van der Waals surface area contributed by atoms with Gasteiger partial charge >= 0.3 is 6.09 Å². The lowest BCUT2D eigenvalue weighted by atomic mass is 10.1. The second-order valence-corrected chi connectivity index (χ2v) is 7.88. The summed E-state index contributed by atoms with van der Waals surface area (Å²) in [5.74, 6) is 0.560. The van der Waals surface area contributed by atoms with Crippen molar-refractivity contribution in [3.8, 4) is 0 Å². The van der Waals surface area contributed by atoms with Crippen molar-refractivity contribution in [3.05, 3.63) is 30.1 Å². The van der Waals surface area contributed by atoms with E-state index in [1.165, 1.54) is 0 Å². The summed E-state index contributed by atoms with van der Waals surface area (Å²) in [6.45, 7) is 12.5. The van der Waals surface area contributed by atoms with Crippen molar-refractivity contribution in [2.75, 3.05) is 19.6 Å². The standard InChI is InChI=1S/C19H33N5O3.HI/c1-7-21-16(22-12-15(25)14-8-10-20-11-9-14)23-13-19(5,6)24-17(26)27-18(2,3)4;/h8-11,15,25H,7,12-13H2,1-6H3,(H,24,26)(H2,21,22,23);1H. The summed E-state index contributed by atoms with van der Waals surface area (Å²) in [7, 11) is 0. The van der Waals surface area contributed by atoms with Gasteiger partial charge in [0, 0.05) is 25.5 Å². The van der Waals surface area contributed by atoms with Crippen LogP contribution in [-0.4, -0.2) is 52.9 Å². The molecule has 1 amide bonds. The van der Waals surface area contributed by atoms with E-state index in [2.05, 4.69) is 25.9 Å². The summed E-state index contributed by atoms with van der Waals surface area (Å²) in [4.78, 5) is 20.4. The molecular weight excluding hydrogens is 473 g/mol. The number of pyridine rings is 1. The van der Waals surface area contributed by atoms with E-state index in [0.717, 1.165) is 5.56 Å². The summed E-state index contributed by atoms with van der Waals surface area (Å²) in [5.41, 5.74) is -0.363. The average Bonchev–Trinajstić information content (AvgIpc) is 2.55. The fourth-order valence-electron chi connectivity index (χ4n) is 2.13. The van der Waals surface area contributed by atoms with Gasteiger partial charge in [-0.1, -0.05) is 0 Å². The minimum Gasteiger partial charge on any atom is -0.444 e. The number of aromatic nitrogens is 1. The molecule has 1 heterocycles. The Kier molecular flexibility index (Phi) is 11.4. The second kappa shape index (κ2) is 12.1. The number of nitrogens with zero attached hydrogens (tertiary/aromatic N) is 2. The van der Waals surface area contributed by atoms with Crippen LogP contribution in [0.25, 0.3) is 0 Å². The van der Waals surface area contributed by atoms with E-state index in [1.54, 1.807) is 24.5 Å². The van der Waals surface area contributed by atoms with Crippen LogP contribution in [0.15, 0.2) is 29.5 Å². The van der Waals surface area contributed by atoms with Gasteiger partial charge in [-0.15, -0.1) is 24.0 Å². The molecule has 0 aliphatic rings. The number of aliphatic hydroxyl groups is 1. The van der Waals surface area contributed by atoms with Crippen LogP contribution in [0.4, 0.5) is 4.79 Å². The molecular formula is C19H34IN5O3. The number of aliphatic hydroxyl groups excluding tert-OH is 1. The van der Waals surface area contributed by atoms with Crippen molar-refractivity contribution in [2.45, 2.75) is 58.8 Å². The van der Waals surface area contributed by atoms with Gasteiger partial charge in [0.25, 0.3) is 0 Å². The monoisotopic (exact) mass is 507 g/mol. The van der Waals surface area contributed by atoms with E-state index in [-0.39, 0.29) is 24.0 Å². The third kappa shape index (κ3) is 11.3. The zero-order chi connectivity index (χ0) is 20.5. The maximum Gasteiger partial charge on any atom is 0.408 e. The Morgan fingerprint density at radius 1 is 1.21 bits per heavy atom. The Morgan fingerprint density at radius 2 is 1.82 bits per heavy atom. The number of amides is 1. The molecule has 1 rings (SSSR count). The van der Waals surface area contributed by atoms with Gasteiger partial charge in [-0.05, 0) is 59.2 Å². The number of rotatable bonds is 7. The highest BCUT2D eigenvalue weighted by atomic mass is 127. The minimum absolute atomic E-state index is 0. The molecule has 0 spiro atoms. The summed E-state index contributed by atoms with van der Waals surface area (Å²) >= 11 is 0. The van der Waals surface area contributed by atoms with Crippen LogP contribution in [0.3, 0.4) is 0 Å². The number of nitrogens with one attached hydrogen (secondary N) is 3. The SMILES string of the molecule is CCNC(=NCC(C)(C)NC(=O)OC(C)(C)C)NCC(O)c1ccncc1.I. The summed E-state index contributed by atoms with van der Waals surface area (Å²) in [6.07, 6.45) is 2.13. The van der Waals surface area contributed by atoms with Gasteiger partial charge in [0.1, 0.15) is 5.60 Å². The van der Waals surface area contributed by atoms with Crippen LogP contribution in [-0.2, 0) is 4.74 Å². The molecule has 1 unspecified atom stereocenters. The van der Waals surface area contributed by atoms with Gasteiger partial charge in [0.2, 0.25) is 0 Å². The van der Waals surface area contributed by atoms with E-state index in [4.69, 9.17) is 4.74 Å². The predicted octanol–water partition coefficient (Wildman–Crippen LogP) is 2.59. The lowest BCUT2D eigenvalue weighted by Crippen LogP contribution is -2.49. The highest BCUT2D eigenvalue weighted by molar-refractivity contribution is 14.0. The lowest BCUT2D eigenvalue weighted by Gasteiger charge is -2.27. The zero-order valence-corrected chi connectivity index (χ0v) is 19.9. The van der Waals surface area contributed by atoms with Crippen molar-refractivity contribution in [1.29, 1.82) is 0 Å². The molecule has 0 aromatic carbocycles. The minimum atomic E-state index is -0.676. The first-order chi connectivity index (χ1) is 12.5. The van der Waals surface area contributed by atoms with Crippen molar-refractivity contribution < 1.29 is 14.6 Å². The van der Waals surface area contributed by atoms with Crippen LogP contribution in [0.1, 0.15) is 53.2 Å². The van der Waals surface area contributed by atoms with Gasteiger partial charge in [-0.25, -0.2) is 4.79 Å². The highest BCUT2D eigenvalue weighted by Crippen LogP contribution is 2.11. The maximum absolute atomic E-state index is 12.0. The lowest BCUT2D eigenvalue weighted by molar-refractivity contribution is 0.0476. The van der Waals surface area contributed by atoms with Crippen LogP contribution in [0, 0.1) is 0 Å². The number of ether oxygens (including phenoxy) is 1. The molecule has 0 saturated heterocycles. The molecule has 160 valence electrons. The molecule has 4 N–H and O–H groups in total. The number of halogens is 1.